The molecule has 1 aliphatic rings. The van der Waals surface area contributed by atoms with Gasteiger partial charge in [-0.2, -0.15) is 0 Å². The molecule has 0 bridgehead atoms. The molecular formula is C14H15NO3. The zero-order valence-corrected chi connectivity index (χ0v) is 10.3. The van der Waals surface area contributed by atoms with E-state index in [2.05, 4.69) is 4.90 Å². The Bertz CT molecular complexity index is 626. The van der Waals surface area contributed by atoms with Gasteiger partial charge in [0, 0.05) is 13.1 Å². The van der Waals surface area contributed by atoms with Crippen molar-refractivity contribution in [3.63, 3.8) is 0 Å². The average Bonchev–Trinajstić information content (AvgIpc) is 2.44. The van der Waals surface area contributed by atoms with Crippen LogP contribution in [-0.4, -0.2) is 26.3 Å². The molecule has 0 amide bonds. The van der Waals surface area contributed by atoms with Gasteiger partial charge in [0.15, 0.2) is 5.43 Å². The summed E-state index contributed by atoms with van der Waals surface area (Å²) in [4.78, 5) is 14.3. The van der Waals surface area contributed by atoms with Crippen LogP contribution in [0.5, 0.6) is 0 Å². The molecule has 18 heavy (non-hydrogen) atoms. The summed E-state index contributed by atoms with van der Waals surface area (Å²) in [6.45, 7) is 4.71. The van der Waals surface area contributed by atoms with Crippen molar-refractivity contribution in [1.82, 2.24) is 0 Å². The summed E-state index contributed by atoms with van der Waals surface area (Å²) in [5, 5.41) is 0.645. The second-order valence-electron chi connectivity index (χ2n) is 4.46. The van der Waals surface area contributed by atoms with Crippen LogP contribution in [0.4, 0.5) is 5.88 Å². The van der Waals surface area contributed by atoms with E-state index in [1.165, 1.54) is 0 Å². The Morgan fingerprint density at radius 1 is 1.17 bits per heavy atom. The van der Waals surface area contributed by atoms with E-state index >= 15 is 0 Å². The number of benzene rings is 1. The smallest absolute Gasteiger partial charge is 0.203 e. The van der Waals surface area contributed by atoms with E-state index in [9.17, 15) is 4.79 Å². The monoisotopic (exact) mass is 245 g/mol. The van der Waals surface area contributed by atoms with Crippen molar-refractivity contribution < 1.29 is 9.15 Å². The first kappa shape index (κ1) is 11.3. The van der Waals surface area contributed by atoms with Crippen LogP contribution in [0.2, 0.25) is 0 Å². The van der Waals surface area contributed by atoms with Gasteiger partial charge in [0.25, 0.3) is 0 Å². The van der Waals surface area contributed by atoms with Crippen molar-refractivity contribution in [3.8, 4) is 0 Å². The molecule has 0 radical (unpaired) electrons. The van der Waals surface area contributed by atoms with Crippen molar-refractivity contribution in [3.05, 3.63) is 40.1 Å². The maximum Gasteiger partial charge on any atom is 0.203 e. The number of morpholine rings is 1. The van der Waals surface area contributed by atoms with E-state index in [0.717, 1.165) is 13.1 Å². The van der Waals surface area contributed by atoms with E-state index in [1.54, 1.807) is 6.07 Å². The highest BCUT2D eigenvalue weighted by Crippen LogP contribution is 2.23. The summed E-state index contributed by atoms with van der Waals surface area (Å²) in [7, 11) is 0. The molecule has 0 unspecified atom stereocenters. The molecule has 4 heteroatoms. The van der Waals surface area contributed by atoms with Gasteiger partial charge in [-0.1, -0.05) is 12.1 Å². The van der Waals surface area contributed by atoms with Crippen LogP contribution in [0.15, 0.2) is 33.5 Å². The minimum absolute atomic E-state index is 0.0540. The van der Waals surface area contributed by atoms with Crippen LogP contribution < -0.4 is 10.3 Å². The van der Waals surface area contributed by atoms with Crippen LogP contribution >= 0.6 is 0 Å². The maximum atomic E-state index is 12.3. The molecule has 3 rings (SSSR count). The fourth-order valence-electron chi connectivity index (χ4n) is 2.29. The Balaban J connectivity index is 2.17. The van der Waals surface area contributed by atoms with Gasteiger partial charge in [0.05, 0.1) is 24.2 Å². The first-order valence-corrected chi connectivity index (χ1v) is 6.12. The molecule has 1 saturated heterocycles. The molecule has 0 saturated carbocycles. The van der Waals surface area contributed by atoms with Gasteiger partial charge >= 0.3 is 0 Å². The van der Waals surface area contributed by atoms with E-state index in [1.807, 2.05) is 25.1 Å². The zero-order chi connectivity index (χ0) is 12.5. The van der Waals surface area contributed by atoms with Crippen LogP contribution in [0.25, 0.3) is 11.0 Å². The molecule has 2 aromatic rings. The number of hydrogen-bond donors (Lipinski definition) is 0. The number of rotatable bonds is 1. The third kappa shape index (κ3) is 1.78. The maximum absolute atomic E-state index is 12.3. The van der Waals surface area contributed by atoms with Crippen molar-refractivity contribution in [2.24, 2.45) is 0 Å². The van der Waals surface area contributed by atoms with Gasteiger partial charge < -0.3 is 14.1 Å². The minimum atomic E-state index is 0.0540. The molecule has 4 nitrogen and oxygen atoms in total. The second-order valence-corrected chi connectivity index (χ2v) is 4.46. The van der Waals surface area contributed by atoms with E-state index in [-0.39, 0.29) is 5.43 Å². The van der Waals surface area contributed by atoms with Crippen molar-refractivity contribution in [1.29, 1.82) is 0 Å². The summed E-state index contributed by atoms with van der Waals surface area (Å²) >= 11 is 0. The lowest BCUT2D eigenvalue weighted by Gasteiger charge is -2.28. The number of nitrogens with zero attached hydrogens (tertiary/aromatic N) is 1. The lowest BCUT2D eigenvalue weighted by atomic mass is 10.1. The summed E-state index contributed by atoms with van der Waals surface area (Å²) in [5.74, 6) is 0.682. The highest BCUT2D eigenvalue weighted by atomic mass is 16.5. The lowest BCUT2D eigenvalue weighted by molar-refractivity contribution is 0.120. The van der Waals surface area contributed by atoms with Crippen molar-refractivity contribution in [2.45, 2.75) is 6.92 Å². The number of ether oxygens (including phenoxy) is 1. The molecule has 0 aliphatic carbocycles. The van der Waals surface area contributed by atoms with Gasteiger partial charge in [-0.15, -0.1) is 0 Å². The molecule has 1 fully saturated rings. The Morgan fingerprint density at radius 3 is 2.67 bits per heavy atom. The van der Waals surface area contributed by atoms with E-state index < -0.39 is 0 Å². The van der Waals surface area contributed by atoms with Gasteiger partial charge in [0.1, 0.15) is 5.58 Å². The Hall–Kier alpha value is -1.81. The van der Waals surface area contributed by atoms with Gasteiger partial charge in [0.2, 0.25) is 5.88 Å². The summed E-state index contributed by atoms with van der Waals surface area (Å²) in [5.41, 5.74) is 1.38. The van der Waals surface area contributed by atoms with Gasteiger partial charge in [-0.3, -0.25) is 4.79 Å². The van der Waals surface area contributed by atoms with Crippen LogP contribution in [0, 0.1) is 6.92 Å². The standard InChI is InChI=1S/C14H15NO3/c1-10-13(16)11-4-2-3-5-12(11)18-14(10)15-6-8-17-9-7-15/h2-5H,6-9H2,1H3. The largest absolute Gasteiger partial charge is 0.440 e. The quantitative estimate of drug-likeness (QED) is 0.770. The van der Waals surface area contributed by atoms with Crippen molar-refractivity contribution >= 4 is 16.9 Å². The third-order valence-electron chi connectivity index (χ3n) is 3.30. The third-order valence-corrected chi connectivity index (χ3v) is 3.30. The minimum Gasteiger partial charge on any atom is -0.440 e. The van der Waals surface area contributed by atoms with Crippen LogP contribution in [-0.2, 0) is 4.74 Å². The molecule has 2 heterocycles. The fourth-order valence-corrected chi connectivity index (χ4v) is 2.29. The Kier molecular flexibility index (Phi) is 2.80. The van der Waals surface area contributed by atoms with Crippen LogP contribution in [0.3, 0.4) is 0 Å². The molecule has 0 atom stereocenters. The molecule has 1 aliphatic heterocycles. The normalized spacial score (nSPS) is 16.2. The molecule has 0 N–H and O–H groups in total. The predicted octanol–water partition coefficient (Wildman–Crippen LogP) is 1.94. The first-order valence-electron chi connectivity index (χ1n) is 6.12. The summed E-state index contributed by atoms with van der Waals surface area (Å²) < 4.78 is 11.2. The summed E-state index contributed by atoms with van der Waals surface area (Å²) in [6.07, 6.45) is 0. The van der Waals surface area contributed by atoms with E-state index in [4.69, 9.17) is 9.15 Å². The number of anilines is 1. The number of fused-ring (bicyclic) bond motifs is 1. The van der Waals surface area contributed by atoms with Crippen LogP contribution in [0.1, 0.15) is 5.56 Å². The molecule has 1 aromatic carbocycles. The average molecular weight is 245 g/mol. The predicted molar refractivity (Wildman–Crippen MR) is 70.3 cm³/mol. The lowest BCUT2D eigenvalue weighted by Crippen LogP contribution is -2.37. The zero-order valence-electron chi connectivity index (χ0n) is 10.3. The number of para-hydroxylation sites is 1. The Labute approximate surface area is 105 Å². The SMILES string of the molecule is Cc1c(N2CCOCC2)oc2ccccc2c1=O. The van der Waals surface area contributed by atoms with Gasteiger partial charge in [-0.05, 0) is 19.1 Å². The second kappa shape index (κ2) is 4.46. The molecule has 0 spiro atoms. The topological polar surface area (TPSA) is 42.7 Å². The highest BCUT2D eigenvalue weighted by molar-refractivity contribution is 5.78. The fraction of sp³-hybridized carbons (Fsp3) is 0.357. The highest BCUT2D eigenvalue weighted by Gasteiger charge is 2.18. The van der Waals surface area contributed by atoms with Crippen molar-refractivity contribution in [2.75, 3.05) is 31.2 Å². The number of hydrogen-bond acceptors (Lipinski definition) is 4. The summed E-state index contributed by atoms with van der Waals surface area (Å²) in [6, 6.07) is 7.37. The van der Waals surface area contributed by atoms with Gasteiger partial charge in [-0.25, -0.2) is 0 Å². The molecule has 94 valence electrons. The molecule has 1 aromatic heterocycles. The molecular weight excluding hydrogens is 230 g/mol. The first-order chi connectivity index (χ1) is 8.77. The van der Waals surface area contributed by atoms with E-state index in [0.29, 0.717) is 35.6 Å². The Morgan fingerprint density at radius 2 is 1.89 bits per heavy atom.